The lowest BCUT2D eigenvalue weighted by atomic mass is 10.1. The second-order valence-electron chi connectivity index (χ2n) is 5.07. The van der Waals surface area contributed by atoms with E-state index in [0.29, 0.717) is 11.2 Å². The van der Waals surface area contributed by atoms with E-state index < -0.39 is 0 Å². The van der Waals surface area contributed by atoms with E-state index in [-0.39, 0.29) is 0 Å². The van der Waals surface area contributed by atoms with Crippen LogP contribution in [0.2, 0.25) is 0 Å². The van der Waals surface area contributed by atoms with Crippen LogP contribution in [-0.2, 0) is 13.0 Å². The summed E-state index contributed by atoms with van der Waals surface area (Å²) in [6, 6.07) is 8.81. The fourth-order valence-electron chi connectivity index (χ4n) is 1.91. The average molecular weight is 262 g/mol. The summed E-state index contributed by atoms with van der Waals surface area (Å²) in [5, 5.41) is 5.19. The molecule has 0 aromatic heterocycles. The van der Waals surface area contributed by atoms with Crippen LogP contribution in [0.25, 0.3) is 0 Å². The lowest BCUT2D eigenvalue weighted by Crippen LogP contribution is -2.20. The highest BCUT2D eigenvalue weighted by Crippen LogP contribution is 2.25. The summed E-state index contributed by atoms with van der Waals surface area (Å²) in [4.78, 5) is 4.56. The van der Waals surface area contributed by atoms with Crippen molar-refractivity contribution < 1.29 is 0 Å². The maximum atomic E-state index is 4.56. The number of benzene rings is 1. The van der Waals surface area contributed by atoms with Gasteiger partial charge in [0.1, 0.15) is 0 Å². The van der Waals surface area contributed by atoms with Crippen molar-refractivity contribution in [3.8, 4) is 0 Å². The number of amidine groups is 1. The second kappa shape index (κ2) is 6.28. The molecule has 0 aliphatic carbocycles. The second-order valence-corrected chi connectivity index (χ2v) is 6.30. The Labute approximate surface area is 114 Å². The summed E-state index contributed by atoms with van der Waals surface area (Å²) in [5.74, 6) is 0.696. The van der Waals surface area contributed by atoms with Gasteiger partial charge in [-0.1, -0.05) is 56.8 Å². The molecule has 2 nitrogen and oxygen atoms in total. The number of aryl methyl sites for hydroxylation is 1. The van der Waals surface area contributed by atoms with Gasteiger partial charge in [-0.3, -0.25) is 4.99 Å². The number of nitrogens with zero attached hydrogens (tertiary/aromatic N) is 1. The van der Waals surface area contributed by atoms with E-state index in [1.165, 1.54) is 11.1 Å². The molecule has 1 aliphatic heterocycles. The molecule has 18 heavy (non-hydrogen) atoms. The molecule has 98 valence electrons. The van der Waals surface area contributed by atoms with E-state index in [2.05, 4.69) is 55.3 Å². The van der Waals surface area contributed by atoms with E-state index >= 15 is 0 Å². The van der Waals surface area contributed by atoms with Crippen LogP contribution in [0.4, 0.5) is 0 Å². The molecule has 0 radical (unpaired) electrons. The van der Waals surface area contributed by atoms with Crippen LogP contribution in [0.1, 0.15) is 31.9 Å². The molecule has 1 aliphatic rings. The Morgan fingerprint density at radius 1 is 1.28 bits per heavy atom. The number of rotatable bonds is 4. The van der Waals surface area contributed by atoms with Crippen molar-refractivity contribution in [2.75, 3.05) is 6.54 Å². The van der Waals surface area contributed by atoms with Gasteiger partial charge in [0, 0.05) is 11.8 Å². The number of thioether (sulfide) groups is 1. The van der Waals surface area contributed by atoms with Crippen LogP contribution in [0.15, 0.2) is 29.3 Å². The minimum Gasteiger partial charge on any atom is -0.361 e. The molecule has 0 fully saturated rings. The summed E-state index contributed by atoms with van der Waals surface area (Å²) < 4.78 is 0. The zero-order valence-electron chi connectivity index (χ0n) is 11.4. The zero-order chi connectivity index (χ0) is 13.0. The van der Waals surface area contributed by atoms with Gasteiger partial charge in [0.2, 0.25) is 0 Å². The van der Waals surface area contributed by atoms with Crippen LogP contribution in [0, 0.1) is 5.92 Å². The SMILES string of the molecule is CCc1ccc(CNC2=NCC(C(C)C)S2)cc1. The first-order chi connectivity index (χ1) is 8.69. The maximum Gasteiger partial charge on any atom is 0.157 e. The Bertz CT molecular complexity index is 409. The Morgan fingerprint density at radius 3 is 2.50 bits per heavy atom. The lowest BCUT2D eigenvalue weighted by Gasteiger charge is -2.12. The summed E-state index contributed by atoms with van der Waals surface area (Å²) in [6.45, 7) is 8.54. The summed E-state index contributed by atoms with van der Waals surface area (Å²) in [7, 11) is 0. The third-order valence-electron chi connectivity index (χ3n) is 3.30. The predicted molar refractivity (Wildman–Crippen MR) is 81.2 cm³/mol. The molecular formula is C15H22N2S. The van der Waals surface area contributed by atoms with Gasteiger partial charge in [-0.25, -0.2) is 0 Å². The zero-order valence-corrected chi connectivity index (χ0v) is 12.3. The maximum absolute atomic E-state index is 4.56. The Morgan fingerprint density at radius 2 is 1.94 bits per heavy atom. The van der Waals surface area contributed by atoms with Crippen molar-refractivity contribution >= 4 is 16.9 Å². The first-order valence-corrected chi connectivity index (χ1v) is 7.59. The number of nitrogens with one attached hydrogen (secondary N) is 1. The van der Waals surface area contributed by atoms with Gasteiger partial charge in [-0.05, 0) is 23.5 Å². The van der Waals surface area contributed by atoms with Gasteiger partial charge in [-0.15, -0.1) is 0 Å². The van der Waals surface area contributed by atoms with Gasteiger partial charge >= 0.3 is 0 Å². The monoisotopic (exact) mass is 262 g/mol. The van der Waals surface area contributed by atoms with Crippen molar-refractivity contribution in [3.05, 3.63) is 35.4 Å². The topological polar surface area (TPSA) is 24.4 Å². The molecule has 1 aromatic carbocycles. The van der Waals surface area contributed by atoms with Gasteiger partial charge in [0.25, 0.3) is 0 Å². The third kappa shape index (κ3) is 3.52. The van der Waals surface area contributed by atoms with Crippen molar-refractivity contribution in [2.45, 2.75) is 39.0 Å². The number of aliphatic imine (C=N–C) groups is 1. The number of hydrogen-bond donors (Lipinski definition) is 1. The predicted octanol–water partition coefficient (Wildman–Crippen LogP) is 3.47. The molecule has 1 N–H and O–H groups in total. The molecule has 1 atom stereocenters. The molecule has 1 aromatic rings. The fourth-order valence-corrected chi connectivity index (χ4v) is 2.92. The van der Waals surface area contributed by atoms with Crippen LogP contribution >= 0.6 is 11.8 Å². The first-order valence-electron chi connectivity index (χ1n) is 6.72. The summed E-state index contributed by atoms with van der Waals surface area (Å²) in [5.41, 5.74) is 2.72. The minimum atomic E-state index is 0.648. The molecule has 1 unspecified atom stereocenters. The lowest BCUT2D eigenvalue weighted by molar-refractivity contribution is 0.621. The van der Waals surface area contributed by atoms with Gasteiger partial charge < -0.3 is 5.32 Å². The van der Waals surface area contributed by atoms with E-state index in [1.807, 2.05) is 11.8 Å². The quantitative estimate of drug-likeness (QED) is 0.898. The van der Waals surface area contributed by atoms with E-state index in [0.717, 1.165) is 24.7 Å². The Hall–Kier alpha value is -0.960. The molecular weight excluding hydrogens is 240 g/mol. The molecule has 0 saturated heterocycles. The van der Waals surface area contributed by atoms with E-state index in [9.17, 15) is 0 Å². The molecule has 2 rings (SSSR count). The Kier molecular flexibility index (Phi) is 4.70. The van der Waals surface area contributed by atoms with Crippen LogP contribution in [0.5, 0.6) is 0 Å². The van der Waals surface area contributed by atoms with Crippen LogP contribution in [0.3, 0.4) is 0 Å². The minimum absolute atomic E-state index is 0.648. The van der Waals surface area contributed by atoms with Crippen molar-refractivity contribution in [1.82, 2.24) is 5.32 Å². The van der Waals surface area contributed by atoms with Crippen molar-refractivity contribution in [3.63, 3.8) is 0 Å². The first kappa shape index (κ1) is 13.5. The highest BCUT2D eigenvalue weighted by Gasteiger charge is 2.21. The largest absolute Gasteiger partial charge is 0.361 e. The van der Waals surface area contributed by atoms with Gasteiger partial charge in [0.05, 0.1) is 6.54 Å². The molecule has 0 saturated carbocycles. The highest BCUT2D eigenvalue weighted by atomic mass is 32.2. The Balaban J connectivity index is 1.81. The number of hydrogen-bond acceptors (Lipinski definition) is 3. The highest BCUT2D eigenvalue weighted by molar-refractivity contribution is 8.14. The van der Waals surface area contributed by atoms with Crippen LogP contribution < -0.4 is 5.32 Å². The van der Waals surface area contributed by atoms with Crippen molar-refractivity contribution in [2.24, 2.45) is 10.9 Å². The smallest absolute Gasteiger partial charge is 0.157 e. The van der Waals surface area contributed by atoms with Crippen LogP contribution in [-0.4, -0.2) is 17.0 Å². The normalized spacial score (nSPS) is 19.1. The molecule has 3 heteroatoms. The average Bonchev–Trinajstić information content (AvgIpc) is 2.86. The standard InChI is InChI=1S/C15H22N2S/c1-4-12-5-7-13(8-6-12)9-16-15-17-10-14(18-15)11(2)3/h5-8,11,14H,4,9-10H2,1-3H3,(H,16,17). The fraction of sp³-hybridized carbons (Fsp3) is 0.533. The molecule has 1 heterocycles. The molecule has 0 amide bonds. The summed E-state index contributed by atoms with van der Waals surface area (Å²) >= 11 is 1.88. The third-order valence-corrected chi connectivity index (χ3v) is 4.79. The van der Waals surface area contributed by atoms with Gasteiger partial charge in [0.15, 0.2) is 5.17 Å². The van der Waals surface area contributed by atoms with Crippen molar-refractivity contribution in [1.29, 1.82) is 0 Å². The molecule has 0 bridgehead atoms. The van der Waals surface area contributed by atoms with Gasteiger partial charge in [-0.2, -0.15) is 0 Å². The summed E-state index contributed by atoms with van der Waals surface area (Å²) in [6.07, 6.45) is 1.10. The molecule has 0 spiro atoms. The van der Waals surface area contributed by atoms with E-state index in [4.69, 9.17) is 0 Å². The van der Waals surface area contributed by atoms with E-state index in [1.54, 1.807) is 0 Å².